The van der Waals surface area contributed by atoms with Crippen LogP contribution in [0.2, 0.25) is 5.02 Å². The summed E-state index contributed by atoms with van der Waals surface area (Å²) in [5, 5.41) is 5.76. The summed E-state index contributed by atoms with van der Waals surface area (Å²) in [5.74, 6) is 0.791. The number of anilines is 1. The van der Waals surface area contributed by atoms with Crippen LogP contribution in [0.25, 0.3) is 0 Å². The molecule has 106 valence electrons. The normalized spacial score (nSPS) is 10.3. The van der Waals surface area contributed by atoms with Gasteiger partial charge >= 0.3 is 0 Å². The smallest absolute Gasteiger partial charge is 0.231 e. The Morgan fingerprint density at radius 1 is 1.50 bits per heavy atom. The minimum absolute atomic E-state index is 0.185. The molecule has 4 nitrogen and oxygen atoms in total. The SMILES string of the molecule is COc1ccc(Cl)c(NC(=O)Cc2nc(CCl)cs2)c1. The molecule has 1 N–H and O–H groups in total. The van der Waals surface area contributed by atoms with E-state index in [1.54, 1.807) is 25.3 Å². The van der Waals surface area contributed by atoms with Crippen molar-refractivity contribution in [2.45, 2.75) is 12.3 Å². The highest BCUT2D eigenvalue weighted by atomic mass is 35.5. The largest absolute Gasteiger partial charge is 0.497 e. The predicted molar refractivity (Wildman–Crippen MR) is 82.0 cm³/mol. The lowest BCUT2D eigenvalue weighted by molar-refractivity contribution is -0.115. The Labute approximate surface area is 130 Å². The first-order valence-electron chi connectivity index (χ1n) is 5.75. The van der Waals surface area contributed by atoms with E-state index in [1.165, 1.54) is 11.3 Å². The minimum atomic E-state index is -0.185. The Kier molecular flexibility index (Phi) is 5.23. The van der Waals surface area contributed by atoms with Crippen molar-refractivity contribution < 1.29 is 9.53 Å². The Morgan fingerprint density at radius 3 is 2.95 bits per heavy atom. The number of aromatic nitrogens is 1. The monoisotopic (exact) mass is 330 g/mol. The second kappa shape index (κ2) is 6.92. The fraction of sp³-hybridized carbons (Fsp3) is 0.231. The van der Waals surface area contributed by atoms with Gasteiger partial charge in [0.25, 0.3) is 0 Å². The van der Waals surface area contributed by atoms with Gasteiger partial charge in [-0.1, -0.05) is 11.6 Å². The molecule has 7 heteroatoms. The van der Waals surface area contributed by atoms with Crippen molar-refractivity contribution >= 4 is 46.1 Å². The lowest BCUT2D eigenvalue weighted by atomic mass is 10.3. The van der Waals surface area contributed by atoms with Crippen molar-refractivity contribution in [1.29, 1.82) is 0 Å². The van der Waals surface area contributed by atoms with Crippen LogP contribution >= 0.6 is 34.5 Å². The molecule has 0 aliphatic carbocycles. The van der Waals surface area contributed by atoms with E-state index < -0.39 is 0 Å². The number of methoxy groups -OCH3 is 1. The van der Waals surface area contributed by atoms with Crippen LogP contribution in [0.3, 0.4) is 0 Å². The van der Waals surface area contributed by atoms with Crippen LogP contribution in [0, 0.1) is 0 Å². The molecule has 0 radical (unpaired) electrons. The first-order chi connectivity index (χ1) is 9.62. The number of alkyl halides is 1. The number of halogens is 2. The van der Waals surface area contributed by atoms with Gasteiger partial charge in [0.1, 0.15) is 10.8 Å². The number of ether oxygens (including phenoxy) is 1. The third-order valence-electron chi connectivity index (χ3n) is 2.50. The van der Waals surface area contributed by atoms with Crippen molar-refractivity contribution in [3.63, 3.8) is 0 Å². The molecule has 0 spiro atoms. The van der Waals surface area contributed by atoms with Gasteiger partial charge in [0.05, 0.1) is 35.8 Å². The Bertz CT molecular complexity index is 616. The molecule has 20 heavy (non-hydrogen) atoms. The van der Waals surface area contributed by atoms with Crippen LogP contribution in [0.15, 0.2) is 23.6 Å². The fourth-order valence-corrected chi connectivity index (χ4v) is 2.74. The summed E-state index contributed by atoms with van der Waals surface area (Å²) in [5.41, 5.74) is 1.30. The molecule has 2 rings (SSSR count). The Hall–Kier alpha value is -1.30. The standard InChI is InChI=1S/C13H12Cl2N2O2S/c1-19-9-2-3-10(15)11(4-9)17-12(18)5-13-16-8(6-14)7-20-13/h2-4,7H,5-6H2,1H3,(H,17,18). The number of hydrogen-bond acceptors (Lipinski definition) is 4. The molecular formula is C13H12Cl2N2O2S. The molecule has 0 fully saturated rings. The zero-order chi connectivity index (χ0) is 14.5. The molecular weight excluding hydrogens is 319 g/mol. The van der Waals surface area contributed by atoms with Gasteiger partial charge < -0.3 is 10.1 Å². The molecule has 1 aromatic carbocycles. The summed E-state index contributed by atoms with van der Waals surface area (Å²) < 4.78 is 5.09. The van der Waals surface area contributed by atoms with E-state index in [0.29, 0.717) is 22.3 Å². The molecule has 0 unspecified atom stereocenters. The second-order valence-electron chi connectivity index (χ2n) is 3.94. The topological polar surface area (TPSA) is 51.2 Å². The molecule has 1 amide bonds. The van der Waals surface area contributed by atoms with Crippen LogP contribution in [0.4, 0.5) is 5.69 Å². The van der Waals surface area contributed by atoms with Crippen LogP contribution in [0.1, 0.15) is 10.7 Å². The highest BCUT2D eigenvalue weighted by Gasteiger charge is 2.10. The van der Waals surface area contributed by atoms with Crippen molar-refractivity contribution in [1.82, 2.24) is 4.98 Å². The van der Waals surface area contributed by atoms with Crippen LogP contribution in [-0.2, 0) is 17.1 Å². The molecule has 0 bridgehead atoms. The van der Waals surface area contributed by atoms with E-state index in [-0.39, 0.29) is 12.3 Å². The average molecular weight is 331 g/mol. The van der Waals surface area contributed by atoms with Gasteiger partial charge in [-0.3, -0.25) is 4.79 Å². The van der Waals surface area contributed by atoms with Crippen molar-refractivity contribution in [3.05, 3.63) is 39.3 Å². The molecule has 0 aliphatic heterocycles. The maximum atomic E-state index is 12.0. The van der Waals surface area contributed by atoms with E-state index in [9.17, 15) is 4.79 Å². The van der Waals surface area contributed by atoms with Gasteiger partial charge in [0.2, 0.25) is 5.91 Å². The molecule has 1 heterocycles. The van der Waals surface area contributed by atoms with E-state index in [4.69, 9.17) is 27.9 Å². The average Bonchev–Trinajstić information content (AvgIpc) is 2.88. The number of thiazole rings is 1. The zero-order valence-electron chi connectivity index (χ0n) is 10.7. The molecule has 2 aromatic rings. The molecule has 0 saturated carbocycles. The predicted octanol–water partition coefficient (Wildman–Crippen LogP) is 3.73. The number of carbonyl (C=O) groups excluding carboxylic acids is 1. The number of rotatable bonds is 5. The lowest BCUT2D eigenvalue weighted by Crippen LogP contribution is -2.14. The fourth-order valence-electron chi connectivity index (χ4n) is 1.55. The summed E-state index contributed by atoms with van der Waals surface area (Å²) in [4.78, 5) is 16.2. The molecule has 0 saturated heterocycles. The van der Waals surface area contributed by atoms with Gasteiger partial charge in [-0.2, -0.15) is 0 Å². The first-order valence-corrected chi connectivity index (χ1v) is 7.54. The van der Waals surface area contributed by atoms with E-state index in [2.05, 4.69) is 10.3 Å². The van der Waals surface area contributed by atoms with Gasteiger partial charge in [0, 0.05) is 11.4 Å². The molecule has 0 atom stereocenters. The second-order valence-corrected chi connectivity index (χ2v) is 5.55. The number of hydrogen-bond donors (Lipinski definition) is 1. The third kappa shape index (κ3) is 3.85. The summed E-state index contributed by atoms with van der Waals surface area (Å²) in [6.07, 6.45) is 0.190. The van der Waals surface area contributed by atoms with Crippen LogP contribution < -0.4 is 10.1 Å². The third-order valence-corrected chi connectivity index (χ3v) is 4.00. The zero-order valence-corrected chi connectivity index (χ0v) is 13.0. The number of benzene rings is 1. The lowest BCUT2D eigenvalue weighted by Gasteiger charge is -2.08. The number of nitrogens with one attached hydrogen (secondary N) is 1. The van der Waals surface area contributed by atoms with Crippen LogP contribution in [-0.4, -0.2) is 18.0 Å². The maximum absolute atomic E-state index is 12.0. The summed E-state index contributed by atoms with van der Waals surface area (Å²) in [7, 11) is 1.55. The van der Waals surface area contributed by atoms with Crippen molar-refractivity contribution in [2.75, 3.05) is 12.4 Å². The van der Waals surface area contributed by atoms with E-state index in [0.717, 1.165) is 10.7 Å². The molecule has 1 aromatic heterocycles. The molecule has 0 aliphatic rings. The highest BCUT2D eigenvalue weighted by Crippen LogP contribution is 2.26. The highest BCUT2D eigenvalue weighted by molar-refractivity contribution is 7.09. The maximum Gasteiger partial charge on any atom is 0.231 e. The van der Waals surface area contributed by atoms with Gasteiger partial charge in [-0.15, -0.1) is 22.9 Å². The minimum Gasteiger partial charge on any atom is -0.497 e. The van der Waals surface area contributed by atoms with Crippen LogP contribution in [0.5, 0.6) is 5.75 Å². The summed E-state index contributed by atoms with van der Waals surface area (Å²) in [6, 6.07) is 5.07. The van der Waals surface area contributed by atoms with E-state index >= 15 is 0 Å². The van der Waals surface area contributed by atoms with Gasteiger partial charge in [0.15, 0.2) is 0 Å². The number of amides is 1. The quantitative estimate of drug-likeness (QED) is 0.850. The van der Waals surface area contributed by atoms with E-state index in [1.807, 2.05) is 5.38 Å². The Balaban J connectivity index is 2.04. The number of carbonyl (C=O) groups is 1. The Morgan fingerprint density at radius 2 is 2.30 bits per heavy atom. The number of nitrogens with zero attached hydrogens (tertiary/aromatic N) is 1. The van der Waals surface area contributed by atoms with Gasteiger partial charge in [-0.05, 0) is 12.1 Å². The first kappa shape index (κ1) is 15.1. The summed E-state index contributed by atoms with van der Waals surface area (Å²) in [6.45, 7) is 0. The summed E-state index contributed by atoms with van der Waals surface area (Å²) >= 11 is 13.1. The van der Waals surface area contributed by atoms with Gasteiger partial charge in [-0.25, -0.2) is 4.98 Å². The van der Waals surface area contributed by atoms with Crippen molar-refractivity contribution in [3.8, 4) is 5.75 Å². The van der Waals surface area contributed by atoms with Crippen molar-refractivity contribution in [2.24, 2.45) is 0 Å².